The number of halogens is 1. The average molecular weight is 377 g/mol. The number of benzene rings is 2. The molecule has 5 nitrogen and oxygen atoms in total. The monoisotopic (exact) mass is 377 g/mol. The molecule has 0 radical (unpaired) electrons. The highest BCUT2D eigenvalue weighted by Crippen LogP contribution is 2.34. The number of nitrogens with one attached hydrogen (secondary N) is 1. The Morgan fingerprint density at radius 3 is 2.73 bits per heavy atom. The maximum absolute atomic E-state index is 13.9. The first-order chi connectivity index (χ1) is 12.4. The maximum atomic E-state index is 13.9. The van der Waals surface area contributed by atoms with Crippen LogP contribution in [0.5, 0.6) is 0 Å². The summed E-state index contributed by atoms with van der Waals surface area (Å²) in [6, 6.07) is 10.3. The van der Waals surface area contributed by atoms with Crippen molar-refractivity contribution in [1.29, 1.82) is 0 Å². The molecule has 0 heterocycles. The van der Waals surface area contributed by atoms with Crippen LogP contribution in [-0.2, 0) is 21.1 Å². The van der Waals surface area contributed by atoms with Gasteiger partial charge in [0.1, 0.15) is 10.7 Å². The van der Waals surface area contributed by atoms with Crippen LogP contribution in [0, 0.1) is 5.82 Å². The number of fused-ring (bicyclic) bond motifs is 1. The number of carboxylic acids is 1. The van der Waals surface area contributed by atoms with Gasteiger partial charge in [0.25, 0.3) is 0 Å². The lowest BCUT2D eigenvalue weighted by molar-refractivity contribution is -0.135. The van der Waals surface area contributed by atoms with Crippen molar-refractivity contribution in [3.8, 4) is 0 Å². The molecule has 1 aliphatic carbocycles. The normalized spacial score (nSPS) is 16.9. The Morgan fingerprint density at radius 1 is 1.23 bits per heavy atom. The second-order valence-electron chi connectivity index (χ2n) is 6.41. The number of aryl methyl sites for hydroxylation is 1. The summed E-state index contributed by atoms with van der Waals surface area (Å²) in [6.07, 6.45) is 2.57. The van der Waals surface area contributed by atoms with E-state index in [0.29, 0.717) is 6.54 Å². The molecule has 0 aliphatic heterocycles. The third kappa shape index (κ3) is 3.78. The lowest BCUT2D eigenvalue weighted by Crippen LogP contribution is -2.29. The molecule has 0 aromatic heterocycles. The third-order valence-electron chi connectivity index (χ3n) is 4.66. The fourth-order valence-electron chi connectivity index (χ4n) is 3.41. The Kier molecular flexibility index (Phi) is 5.38. The minimum atomic E-state index is -3.92. The van der Waals surface area contributed by atoms with Gasteiger partial charge in [-0.1, -0.05) is 18.2 Å². The van der Waals surface area contributed by atoms with E-state index >= 15 is 0 Å². The molecule has 0 unspecified atom stereocenters. The molecule has 2 aromatic rings. The van der Waals surface area contributed by atoms with Crippen LogP contribution < -0.4 is 5.32 Å². The highest BCUT2D eigenvalue weighted by atomic mass is 32.2. The number of rotatable bonds is 6. The van der Waals surface area contributed by atoms with Crippen LogP contribution in [0.2, 0.25) is 0 Å². The van der Waals surface area contributed by atoms with Crippen LogP contribution in [-0.4, -0.2) is 32.6 Å². The highest BCUT2D eigenvalue weighted by Gasteiger charge is 2.25. The minimum Gasteiger partial charge on any atom is -0.480 e. The second kappa shape index (κ2) is 7.55. The Balaban J connectivity index is 1.89. The molecule has 0 saturated heterocycles. The molecule has 0 amide bonds. The van der Waals surface area contributed by atoms with Gasteiger partial charge in [-0.15, -0.1) is 0 Å². The lowest BCUT2D eigenvalue weighted by Gasteiger charge is -2.26. The summed E-state index contributed by atoms with van der Waals surface area (Å²) in [5.74, 6) is -1.53. The van der Waals surface area contributed by atoms with Crippen molar-refractivity contribution in [3.05, 3.63) is 59.4 Å². The van der Waals surface area contributed by atoms with Crippen molar-refractivity contribution >= 4 is 15.8 Å². The largest absolute Gasteiger partial charge is 0.480 e. The molecule has 0 fully saturated rings. The smallest absolute Gasteiger partial charge is 0.317 e. The van der Waals surface area contributed by atoms with E-state index in [4.69, 9.17) is 5.11 Å². The fourth-order valence-corrected chi connectivity index (χ4v) is 4.79. The van der Waals surface area contributed by atoms with E-state index in [-0.39, 0.29) is 22.3 Å². The van der Waals surface area contributed by atoms with Gasteiger partial charge in [-0.25, -0.2) is 12.8 Å². The van der Waals surface area contributed by atoms with Gasteiger partial charge in [-0.05, 0) is 60.6 Å². The SMILES string of the molecule is O=C(O)CNC[C@@H]1CCCc2cc(S(=O)(=O)c3ccccc3F)ccc21. The summed E-state index contributed by atoms with van der Waals surface area (Å²) in [5, 5.41) is 11.6. The Morgan fingerprint density at radius 2 is 2.00 bits per heavy atom. The summed E-state index contributed by atoms with van der Waals surface area (Å²) in [7, 11) is -3.92. The van der Waals surface area contributed by atoms with Gasteiger partial charge in [0.2, 0.25) is 9.84 Å². The van der Waals surface area contributed by atoms with Crippen molar-refractivity contribution < 1.29 is 22.7 Å². The van der Waals surface area contributed by atoms with Crippen LogP contribution in [0.4, 0.5) is 4.39 Å². The molecular formula is C19H20FNO4S. The number of hydrogen-bond donors (Lipinski definition) is 2. The Hall–Kier alpha value is -2.25. The molecule has 0 bridgehead atoms. The van der Waals surface area contributed by atoms with Crippen molar-refractivity contribution in [3.63, 3.8) is 0 Å². The van der Waals surface area contributed by atoms with Gasteiger partial charge < -0.3 is 10.4 Å². The predicted octanol–water partition coefficient (Wildman–Crippen LogP) is 2.75. The minimum absolute atomic E-state index is 0.0838. The summed E-state index contributed by atoms with van der Waals surface area (Å²) in [5.41, 5.74) is 1.96. The van der Waals surface area contributed by atoms with E-state index in [1.165, 1.54) is 24.3 Å². The quantitative estimate of drug-likeness (QED) is 0.809. The summed E-state index contributed by atoms with van der Waals surface area (Å²) in [6.45, 7) is 0.421. The van der Waals surface area contributed by atoms with E-state index in [0.717, 1.165) is 36.5 Å². The first-order valence-corrected chi connectivity index (χ1v) is 9.93. The highest BCUT2D eigenvalue weighted by molar-refractivity contribution is 7.91. The van der Waals surface area contributed by atoms with Crippen LogP contribution >= 0.6 is 0 Å². The molecule has 1 aliphatic rings. The van der Waals surface area contributed by atoms with E-state index in [2.05, 4.69) is 5.32 Å². The fraction of sp³-hybridized carbons (Fsp3) is 0.316. The molecule has 2 aromatic carbocycles. The van der Waals surface area contributed by atoms with E-state index in [1.54, 1.807) is 12.1 Å². The Bertz CT molecular complexity index is 927. The molecule has 138 valence electrons. The van der Waals surface area contributed by atoms with Gasteiger partial charge in [0, 0.05) is 6.54 Å². The first-order valence-electron chi connectivity index (χ1n) is 8.44. The van der Waals surface area contributed by atoms with Crippen molar-refractivity contribution in [2.75, 3.05) is 13.1 Å². The molecule has 0 saturated carbocycles. The van der Waals surface area contributed by atoms with Gasteiger partial charge in [0.15, 0.2) is 0 Å². The summed E-state index contributed by atoms with van der Waals surface area (Å²) >= 11 is 0. The van der Waals surface area contributed by atoms with Crippen LogP contribution in [0.3, 0.4) is 0 Å². The number of carbonyl (C=O) groups is 1. The molecule has 7 heteroatoms. The topological polar surface area (TPSA) is 83.5 Å². The maximum Gasteiger partial charge on any atom is 0.317 e. The summed E-state index contributed by atoms with van der Waals surface area (Å²) in [4.78, 5) is 10.4. The van der Waals surface area contributed by atoms with Gasteiger partial charge in [-0.3, -0.25) is 4.79 Å². The van der Waals surface area contributed by atoms with E-state index in [1.807, 2.05) is 0 Å². The van der Waals surface area contributed by atoms with Gasteiger partial charge >= 0.3 is 5.97 Å². The van der Waals surface area contributed by atoms with Crippen LogP contribution in [0.25, 0.3) is 0 Å². The molecule has 0 spiro atoms. The van der Waals surface area contributed by atoms with Crippen molar-refractivity contribution in [2.45, 2.75) is 35.0 Å². The molecule has 3 rings (SSSR count). The summed E-state index contributed by atoms with van der Waals surface area (Å²) < 4.78 is 39.4. The predicted molar refractivity (Wildman–Crippen MR) is 94.5 cm³/mol. The standard InChI is InChI=1S/C19H20FNO4S/c20-17-6-1-2-7-18(17)26(24,25)15-8-9-16-13(10-15)4-3-5-14(16)11-21-12-19(22)23/h1-2,6-10,14,21H,3-5,11-12H2,(H,22,23)/t14-/m0/s1. The number of hydrogen-bond acceptors (Lipinski definition) is 4. The first kappa shape index (κ1) is 18.5. The molecule has 1 atom stereocenters. The second-order valence-corrected chi connectivity index (χ2v) is 8.33. The van der Waals surface area contributed by atoms with Gasteiger partial charge in [0.05, 0.1) is 11.4 Å². The van der Waals surface area contributed by atoms with E-state index in [9.17, 15) is 17.6 Å². The lowest BCUT2D eigenvalue weighted by atomic mass is 9.83. The average Bonchev–Trinajstić information content (AvgIpc) is 2.61. The zero-order chi connectivity index (χ0) is 18.7. The number of sulfone groups is 1. The van der Waals surface area contributed by atoms with Gasteiger partial charge in [-0.2, -0.15) is 0 Å². The third-order valence-corrected chi connectivity index (χ3v) is 6.44. The number of carboxylic acid groups (broad SMARTS) is 1. The van der Waals surface area contributed by atoms with Crippen molar-refractivity contribution in [2.24, 2.45) is 0 Å². The molecule has 26 heavy (non-hydrogen) atoms. The van der Waals surface area contributed by atoms with E-state index < -0.39 is 21.6 Å². The zero-order valence-corrected chi connectivity index (χ0v) is 14.9. The van der Waals surface area contributed by atoms with Crippen molar-refractivity contribution in [1.82, 2.24) is 5.32 Å². The molecular weight excluding hydrogens is 357 g/mol. The van der Waals surface area contributed by atoms with Crippen LogP contribution in [0.1, 0.15) is 29.9 Å². The van der Waals surface area contributed by atoms with Crippen LogP contribution in [0.15, 0.2) is 52.3 Å². The number of aliphatic carboxylic acids is 1. The Labute approximate surface area is 151 Å². The molecule has 2 N–H and O–H groups in total. The zero-order valence-electron chi connectivity index (χ0n) is 14.1.